The summed E-state index contributed by atoms with van der Waals surface area (Å²) >= 11 is 0. The first kappa shape index (κ1) is 15.0. The minimum Gasteiger partial charge on any atom is -0.350 e. The van der Waals surface area contributed by atoms with Gasteiger partial charge in [0.2, 0.25) is 0 Å². The fraction of sp³-hybridized carbons (Fsp3) is 0.562. The molecule has 1 fully saturated rings. The Morgan fingerprint density at radius 1 is 1.35 bits per heavy atom. The normalized spacial score (nSPS) is 17.4. The van der Waals surface area contributed by atoms with Gasteiger partial charge in [-0.1, -0.05) is 12.8 Å². The zero-order valence-electron chi connectivity index (χ0n) is 12.5. The minimum absolute atomic E-state index is 0.0730. The average molecular weight is 278 g/mol. The Morgan fingerprint density at radius 3 is 2.55 bits per heavy atom. The van der Waals surface area contributed by atoms with Crippen LogP contribution in [0.4, 0.5) is 4.39 Å². The number of nitrogens with zero attached hydrogens (tertiary/aromatic N) is 1. The Bertz CT molecular complexity index is 493. The highest BCUT2D eigenvalue weighted by molar-refractivity contribution is 5.95. The summed E-state index contributed by atoms with van der Waals surface area (Å²) in [6.45, 7) is 2.41. The van der Waals surface area contributed by atoms with E-state index in [4.69, 9.17) is 0 Å². The molecule has 1 aromatic rings. The van der Waals surface area contributed by atoms with Gasteiger partial charge >= 0.3 is 0 Å². The van der Waals surface area contributed by atoms with Crippen LogP contribution in [-0.2, 0) is 0 Å². The lowest BCUT2D eigenvalue weighted by molar-refractivity contribution is 0.0899. The lowest BCUT2D eigenvalue weighted by Gasteiger charge is -2.36. The van der Waals surface area contributed by atoms with Gasteiger partial charge in [-0.05, 0) is 57.6 Å². The van der Waals surface area contributed by atoms with E-state index in [1.165, 1.54) is 25.0 Å². The van der Waals surface area contributed by atoms with Crippen LogP contribution in [-0.4, -0.2) is 37.0 Å². The highest BCUT2D eigenvalue weighted by Gasteiger charge is 2.36. The summed E-state index contributed by atoms with van der Waals surface area (Å²) in [5, 5.41) is 3.02. The Kier molecular flexibility index (Phi) is 4.43. The standard InChI is InChI=1S/C16H23FN2O/c1-12-10-13(17)6-7-14(12)15(20)18-11-16(19(2)3)8-4-5-9-16/h6-7,10H,4-5,8-9,11H2,1-3H3,(H,18,20). The highest BCUT2D eigenvalue weighted by atomic mass is 19.1. The Morgan fingerprint density at radius 2 is 2.00 bits per heavy atom. The van der Waals surface area contributed by atoms with E-state index in [1.807, 2.05) is 0 Å². The summed E-state index contributed by atoms with van der Waals surface area (Å²) in [4.78, 5) is 14.5. The van der Waals surface area contributed by atoms with Crippen molar-refractivity contribution in [3.05, 3.63) is 35.1 Å². The first-order valence-corrected chi connectivity index (χ1v) is 7.16. The predicted molar refractivity (Wildman–Crippen MR) is 78.4 cm³/mol. The average Bonchev–Trinajstić information content (AvgIpc) is 2.86. The van der Waals surface area contributed by atoms with Gasteiger partial charge in [-0.25, -0.2) is 4.39 Å². The maximum Gasteiger partial charge on any atom is 0.251 e. The van der Waals surface area contributed by atoms with Crippen molar-refractivity contribution in [3.8, 4) is 0 Å². The second-order valence-corrected chi connectivity index (χ2v) is 5.97. The molecule has 20 heavy (non-hydrogen) atoms. The number of benzene rings is 1. The molecular formula is C16H23FN2O. The van der Waals surface area contributed by atoms with Gasteiger partial charge in [0.25, 0.3) is 5.91 Å². The van der Waals surface area contributed by atoms with Crippen LogP contribution in [0.2, 0.25) is 0 Å². The number of amides is 1. The molecule has 0 spiro atoms. The molecule has 0 bridgehead atoms. The number of halogens is 1. The van der Waals surface area contributed by atoms with E-state index in [0.717, 1.165) is 12.8 Å². The maximum absolute atomic E-state index is 13.1. The zero-order chi connectivity index (χ0) is 14.8. The van der Waals surface area contributed by atoms with Crippen molar-refractivity contribution in [2.24, 2.45) is 0 Å². The van der Waals surface area contributed by atoms with Crippen molar-refractivity contribution in [2.75, 3.05) is 20.6 Å². The Labute approximate surface area is 120 Å². The van der Waals surface area contributed by atoms with Crippen LogP contribution in [0.1, 0.15) is 41.6 Å². The van der Waals surface area contributed by atoms with E-state index in [1.54, 1.807) is 13.0 Å². The lowest BCUT2D eigenvalue weighted by atomic mass is 9.95. The summed E-state index contributed by atoms with van der Waals surface area (Å²) < 4.78 is 13.1. The third-order valence-corrected chi connectivity index (χ3v) is 4.49. The lowest BCUT2D eigenvalue weighted by Crippen LogP contribution is -2.50. The third-order valence-electron chi connectivity index (χ3n) is 4.49. The van der Waals surface area contributed by atoms with Crippen molar-refractivity contribution < 1.29 is 9.18 Å². The monoisotopic (exact) mass is 278 g/mol. The molecule has 0 atom stereocenters. The molecule has 2 rings (SSSR count). The SMILES string of the molecule is Cc1cc(F)ccc1C(=O)NCC1(N(C)C)CCCC1. The largest absolute Gasteiger partial charge is 0.350 e. The second kappa shape index (κ2) is 5.92. The van der Waals surface area contributed by atoms with E-state index in [9.17, 15) is 9.18 Å². The molecule has 0 aromatic heterocycles. The van der Waals surface area contributed by atoms with E-state index in [2.05, 4.69) is 24.3 Å². The fourth-order valence-electron chi connectivity index (χ4n) is 3.04. The third kappa shape index (κ3) is 3.01. The summed E-state index contributed by atoms with van der Waals surface area (Å²) in [5.74, 6) is -0.421. The van der Waals surface area contributed by atoms with Gasteiger partial charge in [-0.3, -0.25) is 4.79 Å². The summed E-state index contributed by atoms with van der Waals surface area (Å²) in [7, 11) is 4.14. The Balaban J connectivity index is 2.04. The predicted octanol–water partition coefficient (Wildman–Crippen LogP) is 2.74. The molecule has 0 heterocycles. The molecule has 1 N–H and O–H groups in total. The van der Waals surface area contributed by atoms with Crippen molar-refractivity contribution in [1.29, 1.82) is 0 Å². The number of aryl methyl sites for hydroxylation is 1. The van der Waals surface area contributed by atoms with Crippen LogP contribution in [0.15, 0.2) is 18.2 Å². The molecule has 1 amide bonds. The molecule has 1 saturated carbocycles. The van der Waals surface area contributed by atoms with Crippen molar-refractivity contribution in [2.45, 2.75) is 38.1 Å². The zero-order valence-corrected chi connectivity index (χ0v) is 12.5. The van der Waals surface area contributed by atoms with E-state index in [0.29, 0.717) is 17.7 Å². The number of likely N-dealkylation sites (N-methyl/N-ethyl adjacent to an activating group) is 1. The van der Waals surface area contributed by atoms with E-state index in [-0.39, 0.29) is 17.3 Å². The van der Waals surface area contributed by atoms with E-state index >= 15 is 0 Å². The molecule has 1 aromatic carbocycles. The quantitative estimate of drug-likeness (QED) is 0.918. The molecular weight excluding hydrogens is 255 g/mol. The minimum atomic E-state index is -0.306. The van der Waals surface area contributed by atoms with Gasteiger partial charge in [-0.2, -0.15) is 0 Å². The van der Waals surface area contributed by atoms with Crippen LogP contribution in [0.25, 0.3) is 0 Å². The van der Waals surface area contributed by atoms with Crippen molar-refractivity contribution in [3.63, 3.8) is 0 Å². The van der Waals surface area contributed by atoms with Crippen LogP contribution in [0.5, 0.6) is 0 Å². The number of rotatable bonds is 4. The topological polar surface area (TPSA) is 32.3 Å². The van der Waals surface area contributed by atoms with E-state index < -0.39 is 0 Å². The van der Waals surface area contributed by atoms with Gasteiger partial charge < -0.3 is 10.2 Å². The van der Waals surface area contributed by atoms with Crippen LogP contribution >= 0.6 is 0 Å². The number of hydrogen-bond donors (Lipinski definition) is 1. The second-order valence-electron chi connectivity index (χ2n) is 5.97. The summed E-state index contributed by atoms with van der Waals surface area (Å²) in [5.41, 5.74) is 1.30. The van der Waals surface area contributed by atoms with Crippen LogP contribution in [0, 0.1) is 12.7 Å². The van der Waals surface area contributed by atoms with Gasteiger partial charge in [0, 0.05) is 17.6 Å². The summed E-state index contributed by atoms with van der Waals surface area (Å²) in [6.07, 6.45) is 4.65. The molecule has 1 aliphatic carbocycles. The molecule has 0 unspecified atom stereocenters. The van der Waals surface area contributed by atoms with Crippen molar-refractivity contribution >= 4 is 5.91 Å². The molecule has 0 aliphatic heterocycles. The molecule has 0 saturated heterocycles. The molecule has 1 aliphatic rings. The maximum atomic E-state index is 13.1. The smallest absolute Gasteiger partial charge is 0.251 e. The number of carbonyl (C=O) groups is 1. The number of carbonyl (C=O) groups excluding carboxylic acids is 1. The molecule has 3 nitrogen and oxygen atoms in total. The number of nitrogens with one attached hydrogen (secondary N) is 1. The fourth-order valence-corrected chi connectivity index (χ4v) is 3.04. The highest BCUT2D eigenvalue weighted by Crippen LogP contribution is 2.33. The molecule has 0 radical (unpaired) electrons. The van der Waals surface area contributed by atoms with Crippen molar-refractivity contribution in [1.82, 2.24) is 10.2 Å². The molecule has 110 valence electrons. The first-order chi connectivity index (χ1) is 9.44. The first-order valence-electron chi connectivity index (χ1n) is 7.16. The van der Waals surface area contributed by atoms with Gasteiger partial charge in [0.15, 0.2) is 0 Å². The van der Waals surface area contributed by atoms with Gasteiger partial charge in [0.1, 0.15) is 5.82 Å². The van der Waals surface area contributed by atoms with Gasteiger partial charge in [0.05, 0.1) is 0 Å². The van der Waals surface area contributed by atoms with Crippen LogP contribution < -0.4 is 5.32 Å². The molecule has 4 heteroatoms. The Hall–Kier alpha value is -1.42. The van der Waals surface area contributed by atoms with Crippen LogP contribution in [0.3, 0.4) is 0 Å². The number of hydrogen-bond acceptors (Lipinski definition) is 2. The summed E-state index contributed by atoms with van der Waals surface area (Å²) in [6, 6.07) is 4.28. The van der Waals surface area contributed by atoms with Gasteiger partial charge in [-0.15, -0.1) is 0 Å².